The first-order valence-corrected chi connectivity index (χ1v) is 4.19. The summed E-state index contributed by atoms with van der Waals surface area (Å²) in [5, 5.41) is 8.17. The summed E-state index contributed by atoms with van der Waals surface area (Å²) in [6.45, 7) is 0.361. The summed E-state index contributed by atoms with van der Waals surface area (Å²) < 4.78 is 0.565. The number of hydrogen-bond donors (Lipinski definition) is 1. The Hall–Kier alpha value is 1.23. The summed E-state index contributed by atoms with van der Waals surface area (Å²) in [7, 11) is 0. The minimum absolute atomic E-state index is 0.361. The van der Waals surface area contributed by atoms with Crippen LogP contribution < -0.4 is 0 Å². The van der Waals surface area contributed by atoms with Crippen molar-refractivity contribution in [2.24, 2.45) is 0 Å². The molecule has 0 bridgehead atoms. The van der Waals surface area contributed by atoms with Gasteiger partial charge >= 0.3 is 51.9 Å². The zero-order chi connectivity index (χ0) is 4.28. The summed E-state index contributed by atoms with van der Waals surface area (Å²) in [6.07, 6.45) is 0. The van der Waals surface area contributed by atoms with E-state index in [0.29, 0.717) is 9.63 Å². The molecule has 0 aliphatic carbocycles. The maximum atomic E-state index is 8.17. The predicted octanol–water partition coefficient (Wildman–Crippen LogP) is -0.938. The molecule has 0 aromatic rings. The van der Waals surface area contributed by atoms with E-state index in [1.165, 1.54) is 0 Å². The van der Waals surface area contributed by atoms with E-state index in [0.717, 1.165) is 0 Å². The van der Waals surface area contributed by atoms with E-state index in [2.05, 4.69) is 0 Å². The zero-order valence-electron chi connectivity index (χ0n) is 2.89. The van der Waals surface area contributed by atoms with Gasteiger partial charge in [0.2, 0.25) is 0 Å². The van der Waals surface area contributed by atoms with Crippen LogP contribution >= 0.6 is 0 Å². The second kappa shape index (κ2) is 3.42. The third-order valence-corrected chi connectivity index (χ3v) is 1.10. The Bertz CT molecular complexity index is 21.6. The molecule has 0 atom stereocenters. The van der Waals surface area contributed by atoms with Crippen molar-refractivity contribution in [3.63, 3.8) is 0 Å². The summed E-state index contributed by atoms with van der Waals surface area (Å²) in [5.41, 5.74) is 0. The average Bonchev–Trinajstić information content (AvgIpc) is 1.38. The molecule has 0 rings (SSSR count). The van der Waals surface area contributed by atoms with Crippen LogP contribution in [0.3, 0.4) is 0 Å². The van der Waals surface area contributed by atoms with Crippen LogP contribution in [0.5, 0.6) is 0 Å². The van der Waals surface area contributed by atoms with Gasteiger partial charge in [0.05, 0.1) is 0 Å². The van der Waals surface area contributed by atoms with Gasteiger partial charge < -0.3 is 0 Å². The Kier molecular flexibility index (Phi) is 4.27. The molecule has 0 spiro atoms. The molecular formula is C2H4Ga2O. The fourth-order valence-corrected chi connectivity index (χ4v) is 0. The summed E-state index contributed by atoms with van der Waals surface area (Å²) >= 11 is 3.23. The molecule has 0 heterocycles. The van der Waals surface area contributed by atoms with Gasteiger partial charge in [-0.25, -0.2) is 0 Å². The molecule has 0 saturated carbocycles. The van der Waals surface area contributed by atoms with E-state index in [9.17, 15) is 0 Å². The quantitative estimate of drug-likeness (QED) is 0.521. The van der Waals surface area contributed by atoms with Crippen molar-refractivity contribution in [2.45, 2.75) is 3.03 Å². The second-order valence-electron chi connectivity index (χ2n) is 0.846. The topological polar surface area (TPSA) is 20.2 Å². The van der Waals surface area contributed by atoms with Crippen molar-refractivity contribution < 1.29 is 5.11 Å². The van der Waals surface area contributed by atoms with Gasteiger partial charge in [-0.1, -0.05) is 0 Å². The fourth-order valence-electron chi connectivity index (χ4n) is 0. The molecule has 3 heteroatoms. The van der Waals surface area contributed by atoms with Crippen LogP contribution in [-0.2, 0) is 0 Å². The van der Waals surface area contributed by atoms with Gasteiger partial charge in [-0.2, -0.15) is 0 Å². The standard InChI is InChI=1S/C2H4O.2Ga/c1-2-3;;/h1,3H,2H2;;. The summed E-state index contributed by atoms with van der Waals surface area (Å²) in [6, 6.07) is 0. The zero-order valence-corrected chi connectivity index (χ0v) is 7.73. The Morgan fingerprint density at radius 3 is 1.80 bits per heavy atom. The molecular weight excluding hydrogens is 179 g/mol. The monoisotopic (exact) mass is 182 g/mol. The Morgan fingerprint density at radius 1 is 1.60 bits per heavy atom. The van der Waals surface area contributed by atoms with Crippen molar-refractivity contribution in [3.05, 3.63) is 0 Å². The molecule has 5 heavy (non-hydrogen) atoms. The van der Waals surface area contributed by atoms with E-state index in [1.54, 1.807) is 37.2 Å². The molecule has 4 radical (unpaired) electrons. The number of hydrogen-bond acceptors (Lipinski definition) is 1. The Labute approximate surface area is 52.0 Å². The molecule has 0 aliphatic heterocycles. The van der Waals surface area contributed by atoms with Crippen molar-refractivity contribution in [3.8, 4) is 0 Å². The molecule has 0 saturated heterocycles. The SMILES string of the molecule is OC[CH]([Ga])[Ga]. The van der Waals surface area contributed by atoms with Crippen LogP contribution in [0.1, 0.15) is 0 Å². The predicted molar refractivity (Wildman–Crippen MR) is 22.3 cm³/mol. The van der Waals surface area contributed by atoms with E-state index in [1.807, 2.05) is 0 Å². The maximum absolute atomic E-state index is 8.17. The van der Waals surface area contributed by atoms with Gasteiger partial charge in [-0.15, -0.1) is 0 Å². The van der Waals surface area contributed by atoms with Gasteiger partial charge in [0, 0.05) is 0 Å². The molecule has 1 N–H and O–H groups in total. The van der Waals surface area contributed by atoms with Crippen LogP contribution in [0.2, 0.25) is 3.03 Å². The second-order valence-corrected chi connectivity index (χ2v) is 7.83. The number of aliphatic hydroxyl groups is 1. The van der Waals surface area contributed by atoms with Crippen molar-refractivity contribution >= 4 is 37.2 Å². The number of aliphatic hydroxyl groups excluding tert-OH is 1. The van der Waals surface area contributed by atoms with Crippen LogP contribution in [0.25, 0.3) is 0 Å². The molecule has 1 nitrogen and oxygen atoms in total. The molecule has 0 aliphatic rings. The van der Waals surface area contributed by atoms with E-state index in [-0.39, 0.29) is 0 Å². The number of rotatable bonds is 1. The molecule has 0 unspecified atom stereocenters. The van der Waals surface area contributed by atoms with Gasteiger partial charge in [0.25, 0.3) is 0 Å². The molecule has 0 amide bonds. The first-order valence-electron chi connectivity index (χ1n) is 1.39. The van der Waals surface area contributed by atoms with Gasteiger partial charge in [-0.05, 0) is 0 Å². The normalized spacial score (nSPS) is 9.20. The van der Waals surface area contributed by atoms with Crippen molar-refractivity contribution in [1.29, 1.82) is 0 Å². The third-order valence-electron chi connectivity index (χ3n) is 0.211. The van der Waals surface area contributed by atoms with Crippen LogP contribution in [0.4, 0.5) is 0 Å². The molecule has 0 aromatic heterocycles. The van der Waals surface area contributed by atoms with Crippen molar-refractivity contribution in [1.82, 2.24) is 0 Å². The van der Waals surface area contributed by atoms with Crippen LogP contribution in [0.15, 0.2) is 0 Å². The molecule has 24 valence electrons. The van der Waals surface area contributed by atoms with E-state index in [4.69, 9.17) is 5.11 Å². The summed E-state index contributed by atoms with van der Waals surface area (Å²) in [5.74, 6) is 0. The summed E-state index contributed by atoms with van der Waals surface area (Å²) in [4.78, 5) is 0. The Balaban J connectivity index is 2.54. The van der Waals surface area contributed by atoms with Gasteiger partial charge in [-0.3, -0.25) is 0 Å². The minimum atomic E-state index is 0.361. The van der Waals surface area contributed by atoms with Gasteiger partial charge in [0.15, 0.2) is 0 Å². The van der Waals surface area contributed by atoms with E-state index >= 15 is 0 Å². The fraction of sp³-hybridized carbons (Fsp3) is 1.00. The third kappa shape index (κ3) is 5.23. The molecule has 0 aromatic carbocycles. The van der Waals surface area contributed by atoms with E-state index < -0.39 is 0 Å². The van der Waals surface area contributed by atoms with Crippen LogP contribution in [0, 0.1) is 0 Å². The van der Waals surface area contributed by atoms with Gasteiger partial charge in [0.1, 0.15) is 0 Å². The Morgan fingerprint density at radius 2 is 1.80 bits per heavy atom. The first-order chi connectivity index (χ1) is 2.27. The average molecular weight is 183 g/mol. The molecule has 0 fully saturated rings. The van der Waals surface area contributed by atoms with Crippen molar-refractivity contribution in [2.75, 3.05) is 6.61 Å². The van der Waals surface area contributed by atoms with Crippen LogP contribution in [-0.4, -0.2) is 48.9 Å². The first kappa shape index (κ1) is 6.23.